The third-order valence-electron chi connectivity index (χ3n) is 5.07. The highest BCUT2D eigenvalue weighted by Gasteiger charge is 2.26. The Labute approximate surface area is 129 Å². The topological polar surface area (TPSA) is 15.3 Å². The molecule has 1 saturated carbocycles. The van der Waals surface area contributed by atoms with E-state index in [0.717, 1.165) is 18.5 Å². The summed E-state index contributed by atoms with van der Waals surface area (Å²) in [5, 5.41) is 3.81. The SMILES string of the molecule is CCCCN1CCC(NCc2ccccc2C2CC2)CC1. The van der Waals surface area contributed by atoms with Gasteiger partial charge in [-0.05, 0) is 68.8 Å². The van der Waals surface area contributed by atoms with Crippen molar-refractivity contribution >= 4 is 0 Å². The number of rotatable bonds is 7. The minimum Gasteiger partial charge on any atom is -0.310 e. The number of hydrogen-bond donors (Lipinski definition) is 1. The third kappa shape index (κ3) is 4.31. The molecule has 1 N–H and O–H groups in total. The van der Waals surface area contributed by atoms with Crippen LogP contribution in [0, 0.1) is 0 Å². The summed E-state index contributed by atoms with van der Waals surface area (Å²) in [6.45, 7) is 7.20. The lowest BCUT2D eigenvalue weighted by Gasteiger charge is -2.32. The average Bonchev–Trinajstić information content (AvgIpc) is 3.37. The molecule has 21 heavy (non-hydrogen) atoms. The summed E-state index contributed by atoms with van der Waals surface area (Å²) in [7, 11) is 0. The smallest absolute Gasteiger partial charge is 0.0210 e. The number of benzene rings is 1. The summed E-state index contributed by atoms with van der Waals surface area (Å²) in [6.07, 6.45) is 8.09. The molecule has 1 aliphatic carbocycles. The largest absolute Gasteiger partial charge is 0.310 e. The van der Waals surface area contributed by atoms with Gasteiger partial charge in [-0.3, -0.25) is 0 Å². The molecule has 1 heterocycles. The molecule has 0 aromatic heterocycles. The van der Waals surface area contributed by atoms with Crippen LogP contribution in [-0.4, -0.2) is 30.6 Å². The first-order chi connectivity index (χ1) is 10.4. The first-order valence-corrected chi connectivity index (χ1v) is 8.90. The zero-order valence-corrected chi connectivity index (χ0v) is 13.5. The Balaban J connectivity index is 1.44. The van der Waals surface area contributed by atoms with Crippen molar-refractivity contribution in [2.45, 2.75) is 64.0 Å². The van der Waals surface area contributed by atoms with Crippen LogP contribution >= 0.6 is 0 Å². The Morgan fingerprint density at radius 1 is 1.10 bits per heavy atom. The van der Waals surface area contributed by atoms with Gasteiger partial charge in [-0.2, -0.15) is 0 Å². The first-order valence-electron chi connectivity index (χ1n) is 8.90. The van der Waals surface area contributed by atoms with Gasteiger partial charge in [-0.25, -0.2) is 0 Å². The highest BCUT2D eigenvalue weighted by atomic mass is 15.1. The maximum absolute atomic E-state index is 3.81. The molecule has 116 valence electrons. The second-order valence-corrected chi connectivity index (χ2v) is 6.82. The Bertz CT molecular complexity index is 431. The van der Waals surface area contributed by atoms with E-state index in [2.05, 4.69) is 41.4 Å². The van der Waals surface area contributed by atoms with Crippen LogP contribution in [0.2, 0.25) is 0 Å². The highest BCUT2D eigenvalue weighted by molar-refractivity contribution is 5.33. The van der Waals surface area contributed by atoms with Gasteiger partial charge in [-0.15, -0.1) is 0 Å². The average molecular weight is 286 g/mol. The third-order valence-corrected chi connectivity index (χ3v) is 5.07. The van der Waals surface area contributed by atoms with E-state index >= 15 is 0 Å². The maximum atomic E-state index is 3.81. The maximum Gasteiger partial charge on any atom is 0.0210 e. The summed E-state index contributed by atoms with van der Waals surface area (Å²) in [5.41, 5.74) is 3.14. The fourth-order valence-corrected chi connectivity index (χ4v) is 3.48. The molecular weight excluding hydrogens is 256 g/mol. The summed E-state index contributed by atoms with van der Waals surface area (Å²) < 4.78 is 0. The van der Waals surface area contributed by atoms with Crippen LogP contribution in [0.5, 0.6) is 0 Å². The van der Waals surface area contributed by atoms with Crippen LogP contribution in [0.15, 0.2) is 24.3 Å². The Morgan fingerprint density at radius 3 is 2.57 bits per heavy atom. The highest BCUT2D eigenvalue weighted by Crippen LogP contribution is 2.41. The van der Waals surface area contributed by atoms with Gasteiger partial charge < -0.3 is 10.2 Å². The molecule has 0 spiro atoms. The minimum absolute atomic E-state index is 0.718. The van der Waals surface area contributed by atoms with Gasteiger partial charge in [0.05, 0.1) is 0 Å². The quantitative estimate of drug-likeness (QED) is 0.817. The van der Waals surface area contributed by atoms with Gasteiger partial charge in [0.2, 0.25) is 0 Å². The molecule has 2 aliphatic rings. The zero-order valence-electron chi connectivity index (χ0n) is 13.5. The van der Waals surface area contributed by atoms with E-state index in [1.807, 2.05) is 0 Å². The van der Waals surface area contributed by atoms with E-state index in [1.165, 1.54) is 63.7 Å². The van der Waals surface area contributed by atoms with Gasteiger partial charge in [0, 0.05) is 12.6 Å². The standard InChI is InChI=1S/C19H30N2/c1-2-3-12-21-13-10-18(11-14-21)20-15-17-6-4-5-7-19(17)16-8-9-16/h4-7,16,18,20H,2-3,8-15H2,1H3. The second kappa shape index (κ2) is 7.42. The molecule has 2 heteroatoms. The Morgan fingerprint density at radius 2 is 1.86 bits per heavy atom. The lowest BCUT2D eigenvalue weighted by molar-refractivity contribution is 0.195. The number of unbranched alkanes of at least 4 members (excludes halogenated alkanes) is 1. The number of piperidine rings is 1. The molecule has 0 unspecified atom stereocenters. The normalized spacial score (nSPS) is 20.8. The van der Waals surface area contributed by atoms with Crippen molar-refractivity contribution in [1.29, 1.82) is 0 Å². The van der Waals surface area contributed by atoms with Crippen molar-refractivity contribution in [3.8, 4) is 0 Å². The van der Waals surface area contributed by atoms with Crippen molar-refractivity contribution in [3.05, 3.63) is 35.4 Å². The summed E-state index contributed by atoms with van der Waals surface area (Å²) in [6, 6.07) is 9.76. The molecule has 2 fully saturated rings. The zero-order chi connectivity index (χ0) is 14.5. The molecule has 0 amide bonds. The van der Waals surface area contributed by atoms with Crippen LogP contribution in [0.1, 0.15) is 62.5 Å². The van der Waals surface area contributed by atoms with Gasteiger partial charge >= 0.3 is 0 Å². The predicted molar refractivity (Wildman–Crippen MR) is 89.6 cm³/mol. The molecule has 1 aliphatic heterocycles. The molecular formula is C19H30N2. The van der Waals surface area contributed by atoms with E-state index in [9.17, 15) is 0 Å². The van der Waals surface area contributed by atoms with Crippen molar-refractivity contribution in [2.75, 3.05) is 19.6 Å². The predicted octanol–water partition coefficient (Wildman–Crippen LogP) is 3.92. The van der Waals surface area contributed by atoms with E-state index < -0.39 is 0 Å². The summed E-state index contributed by atoms with van der Waals surface area (Å²) in [4.78, 5) is 2.64. The molecule has 0 bridgehead atoms. The minimum atomic E-state index is 0.718. The Kier molecular flexibility index (Phi) is 5.32. The molecule has 1 saturated heterocycles. The number of nitrogens with zero attached hydrogens (tertiary/aromatic N) is 1. The van der Waals surface area contributed by atoms with E-state index in [-0.39, 0.29) is 0 Å². The van der Waals surface area contributed by atoms with Crippen LogP contribution in [-0.2, 0) is 6.54 Å². The fourth-order valence-electron chi connectivity index (χ4n) is 3.48. The van der Waals surface area contributed by atoms with Crippen molar-refractivity contribution in [3.63, 3.8) is 0 Å². The monoisotopic (exact) mass is 286 g/mol. The van der Waals surface area contributed by atoms with Gasteiger partial charge in [0.1, 0.15) is 0 Å². The lowest BCUT2D eigenvalue weighted by atomic mass is 10.0. The van der Waals surface area contributed by atoms with Crippen molar-refractivity contribution in [2.24, 2.45) is 0 Å². The number of likely N-dealkylation sites (tertiary alicyclic amines) is 1. The molecule has 0 radical (unpaired) electrons. The van der Waals surface area contributed by atoms with E-state index in [0.29, 0.717) is 0 Å². The number of nitrogens with one attached hydrogen (secondary N) is 1. The molecule has 3 rings (SSSR count). The molecule has 1 aromatic carbocycles. The Hall–Kier alpha value is -0.860. The molecule has 2 nitrogen and oxygen atoms in total. The van der Waals surface area contributed by atoms with E-state index in [1.54, 1.807) is 5.56 Å². The number of hydrogen-bond acceptors (Lipinski definition) is 2. The summed E-state index contributed by atoms with van der Waals surface area (Å²) >= 11 is 0. The van der Waals surface area contributed by atoms with Crippen LogP contribution in [0.4, 0.5) is 0 Å². The fraction of sp³-hybridized carbons (Fsp3) is 0.684. The molecule has 0 atom stereocenters. The second-order valence-electron chi connectivity index (χ2n) is 6.82. The summed E-state index contributed by atoms with van der Waals surface area (Å²) in [5.74, 6) is 0.860. The van der Waals surface area contributed by atoms with Crippen molar-refractivity contribution < 1.29 is 0 Å². The van der Waals surface area contributed by atoms with Crippen LogP contribution < -0.4 is 5.32 Å². The van der Waals surface area contributed by atoms with Gasteiger partial charge in [-0.1, -0.05) is 37.6 Å². The molecule has 1 aromatic rings. The first kappa shape index (κ1) is 15.1. The van der Waals surface area contributed by atoms with Crippen LogP contribution in [0.3, 0.4) is 0 Å². The van der Waals surface area contributed by atoms with E-state index in [4.69, 9.17) is 0 Å². The lowest BCUT2D eigenvalue weighted by Crippen LogP contribution is -2.42. The van der Waals surface area contributed by atoms with Crippen molar-refractivity contribution in [1.82, 2.24) is 10.2 Å². The van der Waals surface area contributed by atoms with Crippen LogP contribution in [0.25, 0.3) is 0 Å². The van der Waals surface area contributed by atoms with Gasteiger partial charge in [0.15, 0.2) is 0 Å². The van der Waals surface area contributed by atoms with Gasteiger partial charge in [0.25, 0.3) is 0 Å².